The smallest absolute Gasteiger partial charge is 0.334 e. The maximum absolute atomic E-state index is 11.3. The molecule has 0 bridgehead atoms. The number of aromatic nitrogens is 2. The number of hydrogen-bond donors (Lipinski definition) is 1. The van der Waals surface area contributed by atoms with Crippen molar-refractivity contribution in [1.82, 2.24) is 9.78 Å². The lowest BCUT2D eigenvalue weighted by Crippen LogP contribution is -2.17. The van der Waals surface area contributed by atoms with E-state index in [9.17, 15) is 10.1 Å². The van der Waals surface area contributed by atoms with Gasteiger partial charge in [0, 0.05) is 19.5 Å². The molecule has 0 amide bonds. The molecule has 0 radical (unpaired) electrons. The van der Waals surface area contributed by atoms with Crippen LogP contribution in [-0.4, -0.2) is 21.2 Å². The zero-order chi connectivity index (χ0) is 14.9. The third-order valence-electron chi connectivity index (χ3n) is 4.15. The summed E-state index contributed by atoms with van der Waals surface area (Å²) in [5.41, 5.74) is 1.04. The van der Waals surface area contributed by atoms with Crippen molar-refractivity contribution in [2.75, 3.05) is 11.9 Å². The number of hydrogen-bond acceptors (Lipinski definition) is 4. The minimum atomic E-state index is -0.315. The second kappa shape index (κ2) is 5.42. The fourth-order valence-electron chi connectivity index (χ4n) is 2.79. The highest BCUT2D eigenvalue weighted by Gasteiger charge is 2.42. The van der Waals surface area contributed by atoms with E-state index in [2.05, 4.69) is 17.3 Å². The lowest BCUT2D eigenvalue weighted by Gasteiger charge is -2.15. The Balaban J connectivity index is 2.21. The molecule has 2 rings (SSSR count). The standard InChI is InChI=1S/C14H24N4O2/c1-5-6-14(7-8-14)9-15-13-12(18(19)20)11(10(2)3)16-17(13)4/h10,15H,5-9H2,1-4H3. The molecule has 1 aromatic rings. The molecule has 0 aromatic carbocycles. The van der Waals surface area contributed by atoms with Crippen molar-refractivity contribution in [3.05, 3.63) is 15.8 Å². The van der Waals surface area contributed by atoms with Crippen molar-refractivity contribution in [1.29, 1.82) is 0 Å². The summed E-state index contributed by atoms with van der Waals surface area (Å²) in [5, 5.41) is 18.9. The van der Waals surface area contributed by atoms with Gasteiger partial charge in [0.05, 0.1) is 4.92 Å². The maximum Gasteiger partial charge on any atom is 0.334 e. The van der Waals surface area contributed by atoms with Gasteiger partial charge in [-0.25, -0.2) is 4.68 Å². The summed E-state index contributed by atoms with van der Waals surface area (Å²) in [5.74, 6) is 0.587. The van der Waals surface area contributed by atoms with Gasteiger partial charge < -0.3 is 5.32 Å². The third kappa shape index (κ3) is 2.78. The molecule has 1 fully saturated rings. The quantitative estimate of drug-likeness (QED) is 0.613. The highest BCUT2D eigenvalue weighted by Crippen LogP contribution is 2.49. The summed E-state index contributed by atoms with van der Waals surface area (Å²) >= 11 is 0. The summed E-state index contributed by atoms with van der Waals surface area (Å²) in [7, 11) is 1.76. The Labute approximate surface area is 119 Å². The first-order chi connectivity index (χ1) is 9.40. The zero-order valence-electron chi connectivity index (χ0n) is 12.8. The lowest BCUT2D eigenvalue weighted by atomic mass is 10.0. The van der Waals surface area contributed by atoms with Crippen LogP contribution < -0.4 is 5.32 Å². The molecular formula is C14H24N4O2. The van der Waals surface area contributed by atoms with Gasteiger partial charge in [-0.15, -0.1) is 0 Å². The Morgan fingerprint density at radius 2 is 2.15 bits per heavy atom. The van der Waals surface area contributed by atoms with E-state index in [0.29, 0.717) is 16.9 Å². The average molecular weight is 280 g/mol. The number of aryl methyl sites for hydroxylation is 1. The van der Waals surface area contributed by atoms with Gasteiger partial charge in [-0.05, 0) is 24.7 Å². The SMILES string of the molecule is CCCC1(CNc2c([N+](=O)[O-])c(C(C)C)nn2C)CC1. The van der Waals surface area contributed by atoms with Crippen LogP contribution in [0.15, 0.2) is 0 Å². The predicted octanol–water partition coefficient (Wildman–Crippen LogP) is 3.44. The maximum atomic E-state index is 11.3. The molecule has 1 aliphatic carbocycles. The summed E-state index contributed by atoms with van der Waals surface area (Å²) in [6.07, 6.45) is 4.78. The number of nitrogens with one attached hydrogen (secondary N) is 1. The molecule has 20 heavy (non-hydrogen) atoms. The molecule has 112 valence electrons. The van der Waals surface area contributed by atoms with E-state index in [1.54, 1.807) is 11.7 Å². The van der Waals surface area contributed by atoms with Gasteiger partial charge in [0.15, 0.2) is 0 Å². The Bertz CT molecular complexity index is 504. The molecule has 1 saturated carbocycles. The first-order valence-electron chi connectivity index (χ1n) is 7.35. The molecule has 1 N–H and O–H groups in total. The van der Waals surface area contributed by atoms with Gasteiger partial charge >= 0.3 is 5.69 Å². The molecule has 0 aliphatic heterocycles. The van der Waals surface area contributed by atoms with Crippen LogP contribution in [0.2, 0.25) is 0 Å². The number of nitrogens with zero attached hydrogens (tertiary/aromatic N) is 3. The Hall–Kier alpha value is -1.59. The van der Waals surface area contributed by atoms with Crippen LogP contribution in [0, 0.1) is 15.5 Å². The van der Waals surface area contributed by atoms with Crippen molar-refractivity contribution < 1.29 is 4.92 Å². The molecule has 0 unspecified atom stereocenters. The largest absolute Gasteiger partial charge is 0.364 e. The van der Waals surface area contributed by atoms with Gasteiger partial charge in [0.25, 0.3) is 0 Å². The number of nitro groups is 1. The highest BCUT2D eigenvalue weighted by molar-refractivity contribution is 5.60. The van der Waals surface area contributed by atoms with Crippen molar-refractivity contribution in [2.45, 2.75) is 52.4 Å². The molecule has 0 atom stereocenters. The molecule has 1 heterocycles. The van der Waals surface area contributed by atoms with Crippen LogP contribution in [0.5, 0.6) is 0 Å². The third-order valence-corrected chi connectivity index (χ3v) is 4.15. The fraction of sp³-hybridized carbons (Fsp3) is 0.786. The second-order valence-electron chi connectivity index (χ2n) is 6.22. The molecule has 1 aliphatic rings. The first-order valence-corrected chi connectivity index (χ1v) is 7.35. The van der Waals surface area contributed by atoms with Crippen LogP contribution in [0.4, 0.5) is 11.5 Å². The van der Waals surface area contributed by atoms with Crippen molar-refractivity contribution in [2.24, 2.45) is 12.5 Å². The number of anilines is 1. The summed E-state index contributed by atoms with van der Waals surface area (Å²) in [6.45, 7) is 6.85. The van der Waals surface area contributed by atoms with E-state index in [0.717, 1.165) is 13.0 Å². The van der Waals surface area contributed by atoms with Gasteiger partial charge in [0.2, 0.25) is 5.82 Å². The number of rotatable bonds is 7. The first kappa shape index (κ1) is 14.8. The summed E-state index contributed by atoms with van der Waals surface area (Å²) in [4.78, 5) is 11.0. The fourth-order valence-corrected chi connectivity index (χ4v) is 2.79. The van der Waals surface area contributed by atoms with E-state index in [4.69, 9.17) is 0 Å². The Kier molecular flexibility index (Phi) is 4.01. The average Bonchev–Trinajstić information content (AvgIpc) is 3.03. The summed E-state index contributed by atoms with van der Waals surface area (Å²) < 4.78 is 1.61. The van der Waals surface area contributed by atoms with Crippen LogP contribution in [-0.2, 0) is 7.05 Å². The molecule has 0 saturated heterocycles. The van der Waals surface area contributed by atoms with Crippen LogP contribution >= 0.6 is 0 Å². The van der Waals surface area contributed by atoms with Crippen LogP contribution in [0.1, 0.15) is 58.1 Å². The van der Waals surface area contributed by atoms with E-state index in [1.165, 1.54) is 19.3 Å². The molecule has 6 nitrogen and oxygen atoms in total. The highest BCUT2D eigenvalue weighted by atomic mass is 16.6. The molecule has 6 heteroatoms. The Morgan fingerprint density at radius 3 is 2.60 bits per heavy atom. The van der Waals surface area contributed by atoms with Crippen LogP contribution in [0.25, 0.3) is 0 Å². The molecular weight excluding hydrogens is 256 g/mol. The van der Waals surface area contributed by atoms with Crippen molar-refractivity contribution >= 4 is 11.5 Å². The topological polar surface area (TPSA) is 73.0 Å². The normalized spacial score (nSPS) is 16.4. The van der Waals surface area contributed by atoms with E-state index in [-0.39, 0.29) is 16.5 Å². The minimum Gasteiger partial charge on any atom is -0.364 e. The summed E-state index contributed by atoms with van der Waals surface area (Å²) in [6, 6.07) is 0. The monoisotopic (exact) mass is 280 g/mol. The van der Waals surface area contributed by atoms with Gasteiger partial charge in [-0.3, -0.25) is 10.1 Å². The Morgan fingerprint density at radius 1 is 1.50 bits per heavy atom. The van der Waals surface area contributed by atoms with Gasteiger partial charge in [0.1, 0.15) is 5.69 Å². The minimum absolute atomic E-state index is 0.0441. The lowest BCUT2D eigenvalue weighted by molar-refractivity contribution is -0.384. The van der Waals surface area contributed by atoms with E-state index >= 15 is 0 Å². The van der Waals surface area contributed by atoms with Crippen molar-refractivity contribution in [3.63, 3.8) is 0 Å². The van der Waals surface area contributed by atoms with Gasteiger partial charge in [-0.2, -0.15) is 5.10 Å². The van der Waals surface area contributed by atoms with Gasteiger partial charge in [-0.1, -0.05) is 27.2 Å². The van der Waals surface area contributed by atoms with Crippen LogP contribution in [0.3, 0.4) is 0 Å². The predicted molar refractivity (Wildman–Crippen MR) is 79.0 cm³/mol. The van der Waals surface area contributed by atoms with E-state index in [1.807, 2.05) is 13.8 Å². The second-order valence-corrected chi connectivity index (χ2v) is 6.22. The van der Waals surface area contributed by atoms with Crippen molar-refractivity contribution in [3.8, 4) is 0 Å². The molecule has 1 aromatic heterocycles. The zero-order valence-corrected chi connectivity index (χ0v) is 12.8. The molecule has 0 spiro atoms. The van der Waals surface area contributed by atoms with E-state index < -0.39 is 0 Å².